The predicted octanol–water partition coefficient (Wildman–Crippen LogP) is 3.40. The molecule has 1 rings (SSSR count). The van der Waals surface area contributed by atoms with Gasteiger partial charge in [0.15, 0.2) is 0 Å². The van der Waals surface area contributed by atoms with Crippen molar-refractivity contribution in [2.75, 3.05) is 0 Å². The van der Waals surface area contributed by atoms with Gasteiger partial charge < -0.3 is 0 Å². The Morgan fingerprint density at radius 2 is 1.93 bits per heavy atom. The number of hydrogen-bond donors (Lipinski definition) is 0. The van der Waals surface area contributed by atoms with Crippen molar-refractivity contribution in [3.05, 3.63) is 48.6 Å². The number of Topliss-reactive ketones (excluding diaryl/α,β-unsaturated/α-hetero) is 1. The summed E-state index contributed by atoms with van der Waals surface area (Å²) >= 11 is 0. The van der Waals surface area contributed by atoms with Gasteiger partial charge in [-0.05, 0) is 12.0 Å². The summed E-state index contributed by atoms with van der Waals surface area (Å²) in [5.74, 6) is 0.272. The number of rotatable bonds is 5. The molecule has 15 heavy (non-hydrogen) atoms. The number of benzene rings is 1. The molecule has 0 aliphatic heterocycles. The van der Waals surface area contributed by atoms with Gasteiger partial charge in [0.25, 0.3) is 0 Å². The van der Waals surface area contributed by atoms with Gasteiger partial charge in [-0.2, -0.15) is 0 Å². The molecule has 0 aromatic heterocycles. The first-order valence-electron chi connectivity index (χ1n) is 5.24. The SMILES string of the molecule is C=CCC(C)(C)C(=O)Cc1ccccc1. The summed E-state index contributed by atoms with van der Waals surface area (Å²) in [6.45, 7) is 7.63. The summed E-state index contributed by atoms with van der Waals surface area (Å²) in [5.41, 5.74) is 0.789. The second kappa shape index (κ2) is 4.92. The van der Waals surface area contributed by atoms with E-state index in [4.69, 9.17) is 0 Å². The van der Waals surface area contributed by atoms with Crippen LogP contribution in [0.15, 0.2) is 43.0 Å². The molecule has 0 aliphatic carbocycles. The zero-order chi connectivity index (χ0) is 11.3. The van der Waals surface area contributed by atoms with Crippen LogP contribution in [0.5, 0.6) is 0 Å². The minimum Gasteiger partial charge on any atom is -0.299 e. The van der Waals surface area contributed by atoms with Crippen LogP contribution < -0.4 is 0 Å². The zero-order valence-corrected chi connectivity index (χ0v) is 9.49. The van der Waals surface area contributed by atoms with Crippen LogP contribution in [0.2, 0.25) is 0 Å². The van der Waals surface area contributed by atoms with Crippen LogP contribution in [0.3, 0.4) is 0 Å². The van der Waals surface area contributed by atoms with Gasteiger partial charge in [0.05, 0.1) is 0 Å². The Morgan fingerprint density at radius 1 is 1.33 bits per heavy atom. The highest BCUT2D eigenvalue weighted by molar-refractivity contribution is 5.86. The molecule has 0 atom stereocenters. The second-order valence-electron chi connectivity index (χ2n) is 4.46. The molecule has 80 valence electrons. The minimum absolute atomic E-state index is 0.272. The third kappa shape index (κ3) is 3.35. The lowest BCUT2D eigenvalue weighted by molar-refractivity contribution is -0.126. The van der Waals surface area contributed by atoms with Crippen molar-refractivity contribution in [2.24, 2.45) is 5.41 Å². The second-order valence-corrected chi connectivity index (χ2v) is 4.46. The Kier molecular flexibility index (Phi) is 3.84. The Balaban J connectivity index is 2.67. The molecule has 0 aliphatic rings. The topological polar surface area (TPSA) is 17.1 Å². The van der Waals surface area contributed by atoms with E-state index in [-0.39, 0.29) is 11.2 Å². The van der Waals surface area contributed by atoms with E-state index in [1.165, 1.54) is 0 Å². The molecule has 0 spiro atoms. The van der Waals surface area contributed by atoms with E-state index in [2.05, 4.69) is 6.58 Å². The molecule has 0 amide bonds. The molecule has 1 heteroatoms. The summed E-state index contributed by atoms with van der Waals surface area (Å²) in [6, 6.07) is 9.86. The van der Waals surface area contributed by atoms with Gasteiger partial charge >= 0.3 is 0 Å². The smallest absolute Gasteiger partial charge is 0.143 e. The molecule has 1 aromatic rings. The summed E-state index contributed by atoms with van der Waals surface area (Å²) in [4.78, 5) is 12.0. The van der Waals surface area contributed by atoms with Crippen molar-refractivity contribution in [1.29, 1.82) is 0 Å². The number of allylic oxidation sites excluding steroid dienone is 1. The first-order chi connectivity index (χ1) is 7.06. The molecule has 0 saturated carbocycles. The van der Waals surface area contributed by atoms with Gasteiger partial charge in [-0.1, -0.05) is 50.3 Å². The highest BCUT2D eigenvalue weighted by atomic mass is 16.1. The van der Waals surface area contributed by atoms with Crippen LogP contribution >= 0.6 is 0 Å². The third-order valence-electron chi connectivity index (χ3n) is 2.62. The van der Waals surface area contributed by atoms with Crippen molar-refractivity contribution in [1.82, 2.24) is 0 Å². The lowest BCUT2D eigenvalue weighted by Gasteiger charge is -2.21. The molecule has 0 saturated heterocycles. The lowest BCUT2D eigenvalue weighted by Crippen LogP contribution is -2.25. The zero-order valence-electron chi connectivity index (χ0n) is 9.49. The average molecular weight is 202 g/mol. The highest BCUT2D eigenvalue weighted by Gasteiger charge is 2.25. The Morgan fingerprint density at radius 3 is 2.47 bits per heavy atom. The normalized spacial score (nSPS) is 11.1. The van der Waals surface area contributed by atoms with Crippen LogP contribution in [0.25, 0.3) is 0 Å². The fourth-order valence-electron chi connectivity index (χ4n) is 1.50. The van der Waals surface area contributed by atoms with Gasteiger partial charge in [0.2, 0.25) is 0 Å². The van der Waals surface area contributed by atoms with Gasteiger partial charge in [-0.25, -0.2) is 0 Å². The monoisotopic (exact) mass is 202 g/mol. The quantitative estimate of drug-likeness (QED) is 0.669. The predicted molar refractivity (Wildman–Crippen MR) is 63.7 cm³/mol. The lowest BCUT2D eigenvalue weighted by atomic mass is 9.82. The fraction of sp³-hybridized carbons (Fsp3) is 0.357. The van der Waals surface area contributed by atoms with Crippen molar-refractivity contribution in [3.8, 4) is 0 Å². The number of carbonyl (C=O) groups is 1. The molecule has 0 radical (unpaired) electrons. The molecule has 0 bridgehead atoms. The molecular weight excluding hydrogens is 184 g/mol. The van der Waals surface area contributed by atoms with Crippen LogP contribution in [0, 0.1) is 5.41 Å². The van der Waals surface area contributed by atoms with E-state index in [1.54, 1.807) is 0 Å². The standard InChI is InChI=1S/C14H18O/c1-4-10-14(2,3)13(15)11-12-8-6-5-7-9-12/h4-9H,1,10-11H2,2-3H3. The van der Waals surface area contributed by atoms with Crippen molar-refractivity contribution in [3.63, 3.8) is 0 Å². The maximum absolute atomic E-state index is 12.0. The summed E-state index contributed by atoms with van der Waals surface area (Å²) in [6.07, 6.45) is 3.06. The molecule has 1 nitrogen and oxygen atoms in total. The fourth-order valence-corrected chi connectivity index (χ4v) is 1.50. The summed E-state index contributed by atoms with van der Waals surface area (Å²) in [5, 5.41) is 0. The van der Waals surface area contributed by atoms with Crippen molar-refractivity contribution in [2.45, 2.75) is 26.7 Å². The van der Waals surface area contributed by atoms with E-state index < -0.39 is 0 Å². The van der Waals surface area contributed by atoms with Crippen LogP contribution in [0.4, 0.5) is 0 Å². The van der Waals surface area contributed by atoms with E-state index in [9.17, 15) is 4.79 Å². The van der Waals surface area contributed by atoms with Gasteiger partial charge in [0, 0.05) is 11.8 Å². The molecule has 0 heterocycles. The maximum Gasteiger partial charge on any atom is 0.143 e. The van der Waals surface area contributed by atoms with Gasteiger partial charge in [-0.3, -0.25) is 4.79 Å². The first kappa shape index (κ1) is 11.7. The van der Waals surface area contributed by atoms with Crippen LogP contribution in [-0.2, 0) is 11.2 Å². The van der Waals surface area contributed by atoms with Gasteiger partial charge in [-0.15, -0.1) is 6.58 Å². The maximum atomic E-state index is 12.0. The number of carbonyl (C=O) groups excluding carboxylic acids is 1. The molecular formula is C14H18O. The van der Waals surface area contributed by atoms with E-state index in [0.717, 1.165) is 12.0 Å². The van der Waals surface area contributed by atoms with Crippen LogP contribution in [-0.4, -0.2) is 5.78 Å². The Labute approximate surface area is 91.8 Å². The third-order valence-corrected chi connectivity index (χ3v) is 2.62. The molecule has 1 aromatic carbocycles. The molecule has 0 fully saturated rings. The summed E-state index contributed by atoms with van der Waals surface area (Å²) < 4.78 is 0. The summed E-state index contributed by atoms with van der Waals surface area (Å²) in [7, 11) is 0. The van der Waals surface area contributed by atoms with Crippen molar-refractivity contribution < 1.29 is 4.79 Å². The Bertz CT molecular complexity index is 336. The number of ketones is 1. The minimum atomic E-state index is -0.294. The van der Waals surface area contributed by atoms with E-state index in [1.807, 2.05) is 50.3 Å². The van der Waals surface area contributed by atoms with Gasteiger partial charge in [0.1, 0.15) is 5.78 Å². The molecule has 0 N–H and O–H groups in total. The largest absolute Gasteiger partial charge is 0.299 e. The van der Waals surface area contributed by atoms with Crippen molar-refractivity contribution >= 4 is 5.78 Å². The van der Waals surface area contributed by atoms with Crippen LogP contribution in [0.1, 0.15) is 25.8 Å². The highest BCUT2D eigenvalue weighted by Crippen LogP contribution is 2.23. The molecule has 0 unspecified atom stereocenters. The average Bonchev–Trinajstić information content (AvgIpc) is 2.19. The van der Waals surface area contributed by atoms with E-state index in [0.29, 0.717) is 6.42 Å². The van der Waals surface area contributed by atoms with E-state index >= 15 is 0 Å². The Hall–Kier alpha value is -1.37. The first-order valence-corrected chi connectivity index (χ1v) is 5.24. The number of hydrogen-bond acceptors (Lipinski definition) is 1.